The van der Waals surface area contributed by atoms with Gasteiger partial charge in [-0.05, 0) is 70.6 Å². The number of aromatic nitrogens is 1. The zero-order chi connectivity index (χ0) is 53.8. The van der Waals surface area contributed by atoms with E-state index in [1.165, 1.54) is 24.9 Å². The highest BCUT2D eigenvalue weighted by Crippen LogP contribution is 2.40. The first kappa shape index (κ1) is 55.8. The molecule has 5 atom stereocenters. The SMILES string of the molecule is CCCCCCCCOc1c(O[C@@H]2O[C@H](COCc3ccccc3)[C@@H](OCc3ccccc3)[C@H](OCc3ccccc3)[C@H]2OCc2ccccc2)c2ccc(NC(=O)C=Cc3cc(OC)c(O)c(OC)c3)cc2n(C)c1=O. The molecular formula is C63H70N2O12. The minimum atomic E-state index is -1.21. The van der Waals surface area contributed by atoms with Crippen LogP contribution in [0.3, 0.4) is 0 Å². The summed E-state index contributed by atoms with van der Waals surface area (Å²) in [5, 5.41) is 13.9. The van der Waals surface area contributed by atoms with Crippen molar-refractivity contribution in [3.8, 4) is 28.7 Å². The fraction of sp³-hybridized carbons (Fsp3) is 0.333. The number of carbonyl (C=O) groups is 1. The Labute approximate surface area is 451 Å². The van der Waals surface area contributed by atoms with E-state index in [-0.39, 0.29) is 61.8 Å². The molecule has 2 N–H and O–H groups in total. The van der Waals surface area contributed by atoms with Crippen LogP contribution in [0.5, 0.6) is 28.7 Å². The van der Waals surface area contributed by atoms with Crippen molar-refractivity contribution in [2.75, 3.05) is 32.8 Å². The molecule has 0 spiro atoms. The number of amides is 1. The van der Waals surface area contributed by atoms with Crippen LogP contribution in [-0.4, -0.2) is 73.7 Å². The summed E-state index contributed by atoms with van der Waals surface area (Å²) in [5.74, 6) is -0.0485. The molecule has 1 aliphatic heterocycles. The van der Waals surface area contributed by atoms with E-state index in [0.717, 1.165) is 60.8 Å². The Morgan fingerprint density at radius 3 is 1.75 bits per heavy atom. The molecular weight excluding hydrogens is 977 g/mol. The number of fused-ring (bicyclic) bond motifs is 1. The molecule has 0 unspecified atom stereocenters. The Kier molecular flexibility index (Phi) is 20.7. The number of unbranched alkanes of at least 4 members (excludes halogenated alkanes) is 5. The average Bonchev–Trinajstić information content (AvgIpc) is 3.47. The van der Waals surface area contributed by atoms with Gasteiger partial charge in [0, 0.05) is 24.2 Å². The number of hydrogen-bond donors (Lipinski definition) is 2. The first-order valence-corrected chi connectivity index (χ1v) is 26.4. The standard InChI is InChI=1S/C63H70N2O12/c1-5-6-7-8-9-22-35-72-60-57(50-33-32-49(38-51(50)65(2)62(60)68)64-55(66)34-31-48-36-52(69-3)56(67)53(37-48)70-4)77-63-61(75-42-47-29-20-13-21-30-47)59(74-41-46-27-18-12-19-28-46)58(73-40-45-25-16-11-17-26-45)54(76-63)43-71-39-44-23-14-10-15-24-44/h10-21,23-34,36-38,54,58-59,61,63,67H,5-9,22,35,39-43H2,1-4H3,(H,64,66)/t54-,58-,59+,61-,63+/m1/s1. The molecule has 1 aliphatic rings. The number of phenolic OH excluding ortho intramolecular Hbond substituents is 1. The molecule has 8 rings (SSSR count). The second-order valence-corrected chi connectivity index (χ2v) is 18.9. The molecule has 0 radical (unpaired) electrons. The Morgan fingerprint density at radius 1 is 0.649 bits per heavy atom. The van der Waals surface area contributed by atoms with Gasteiger partial charge in [-0.25, -0.2) is 0 Å². The summed E-state index contributed by atoms with van der Waals surface area (Å²) in [7, 11) is 4.52. The van der Waals surface area contributed by atoms with E-state index >= 15 is 0 Å². The monoisotopic (exact) mass is 1050 g/mol. The molecule has 1 amide bonds. The van der Waals surface area contributed by atoms with Gasteiger partial charge in [-0.2, -0.15) is 0 Å². The molecule has 14 nitrogen and oxygen atoms in total. The third-order valence-corrected chi connectivity index (χ3v) is 13.3. The second kappa shape index (κ2) is 28.6. The van der Waals surface area contributed by atoms with Gasteiger partial charge in [0.2, 0.25) is 23.7 Å². The summed E-state index contributed by atoms with van der Waals surface area (Å²) >= 11 is 0. The highest BCUT2D eigenvalue weighted by molar-refractivity contribution is 6.03. The predicted octanol–water partition coefficient (Wildman–Crippen LogP) is 11.7. The van der Waals surface area contributed by atoms with Gasteiger partial charge in [-0.1, -0.05) is 160 Å². The number of methoxy groups -OCH3 is 2. The topological polar surface area (TPSA) is 154 Å². The summed E-state index contributed by atoms with van der Waals surface area (Å²) in [6.07, 6.45) is 4.58. The molecule has 1 aromatic heterocycles. The molecule has 0 aliphatic carbocycles. The summed E-state index contributed by atoms with van der Waals surface area (Å²) in [5.41, 5.74) is 4.79. The zero-order valence-corrected chi connectivity index (χ0v) is 44.3. The van der Waals surface area contributed by atoms with Crippen molar-refractivity contribution >= 4 is 28.6 Å². The van der Waals surface area contributed by atoms with E-state index in [9.17, 15) is 14.7 Å². The second-order valence-electron chi connectivity index (χ2n) is 18.9. The van der Waals surface area contributed by atoms with E-state index in [0.29, 0.717) is 28.8 Å². The highest BCUT2D eigenvalue weighted by Gasteiger charge is 2.50. The number of nitrogens with zero attached hydrogens (tertiary/aromatic N) is 1. The zero-order valence-electron chi connectivity index (χ0n) is 44.3. The number of ether oxygens (including phenoxy) is 9. The van der Waals surface area contributed by atoms with E-state index in [2.05, 4.69) is 12.2 Å². The maximum Gasteiger partial charge on any atom is 0.297 e. The van der Waals surface area contributed by atoms with Crippen LogP contribution in [0.4, 0.5) is 5.69 Å². The maximum absolute atomic E-state index is 14.8. The normalized spacial score (nSPS) is 17.3. The van der Waals surface area contributed by atoms with Crippen LogP contribution in [0.25, 0.3) is 17.0 Å². The van der Waals surface area contributed by atoms with Crippen LogP contribution in [0.15, 0.2) is 163 Å². The third kappa shape index (κ3) is 15.4. The van der Waals surface area contributed by atoms with Crippen LogP contribution in [-0.2, 0) is 62.0 Å². The molecule has 7 aromatic rings. The molecule has 2 heterocycles. The van der Waals surface area contributed by atoms with Gasteiger partial charge in [-0.15, -0.1) is 0 Å². The van der Waals surface area contributed by atoms with Crippen LogP contribution in [0.2, 0.25) is 0 Å². The van der Waals surface area contributed by atoms with E-state index in [1.54, 1.807) is 43.5 Å². The van der Waals surface area contributed by atoms with Crippen molar-refractivity contribution in [3.63, 3.8) is 0 Å². The van der Waals surface area contributed by atoms with Gasteiger partial charge in [0.15, 0.2) is 17.2 Å². The van der Waals surface area contributed by atoms with Crippen LogP contribution >= 0.6 is 0 Å². The molecule has 0 saturated carbocycles. The summed E-state index contributed by atoms with van der Waals surface area (Å²) < 4.78 is 60.2. The number of carbonyl (C=O) groups excluding carboxylic acids is 1. The van der Waals surface area contributed by atoms with Crippen LogP contribution < -0.4 is 29.8 Å². The molecule has 14 heteroatoms. The van der Waals surface area contributed by atoms with Gasteiger partial charge in [0.05, 0.1) is 59.4 Å². The van der Waals surface area contributed by atoms with Crippen molar-refractivity contribution < 1.29 is 52.5 Å². The first-order chi connectivity index (χ1) is 37.7. The molecule has 404 valence electrons. The van der Waals surface area contributed by atoms with Crippen molar-refractivity contribution in [2.24, 2.45) is 7.05 Å². The number of benzene rings is 6. The van der Waals surface area contributed by atoms with E-state index in [4.69, 9.17) is 42.6 Å². The lowest BCUT2D eigenvalue weighted by Gasteiger charge is -2.45. The number of aromatic hydroxyl groups is 1. The van der Waals surface area contributed by atoms with Crippen molar-refractivity contribution in [1.82, 2.24) is 4.57 Å². The van der Waals surface area contributed by atoms with Gasteiger partial charge in [0.1, 0.15) is 24.4 Å². The Morgan fingerprint density at radius 2 is 1.18 bits per heavy atom. The quantitative estimate of drug-likeness (QED) is 0.0354. The molecule has 1 saturated heterocycles. The Balaban J connectivity index is 1.18. The number of hydrogen-bond acceptors (Lipinski definition) is 12. The van der Waals surface area contributed by atoms with Crippen molar-refractivity contribution in [1.29, 1.82) is 0 Å². The Bertz CT molecular complexity index is 3000. The van der Waals surface area contributed by atoms with Crippen LogP contribution in [0, 0.1) is 0 Å². The number of anilines is 1. The third-order valence-electron chi connectivity index (χ3n) is 13.3. The van der Waals surface area contributed by atoms with Gasteiger partial charge in [0.25, 0.3) is 5.56 Å². The number of phenols is 1. The number of nitrogens with one attached hydrogen (secondary N) is 1. The lowest BCUT2D eigenvalue weighted by molar-refractivity contribution is -0.310. The molecule has 77 heavy (non-hydrogen) atoms. The van der Waals surface area contributed by atoms with Crippen LogP contribution in [0.1, 0.15) is 73.3 Å². The summed E-state index contributed by atoms with van der Waals surface area (Å²) in [4.78, 5) is 28.3. The first-order valence-electron chi connectivity index (χ1n) is 26.4. The molecule has 0 bridgehead atoms. The van der Waals surface area contributed by atoms with Gasteiger partial charge >= 0.3 is 0 Å². The lowest BCUT2D eigenvalue weighted by atomic mass is 9.97. The van der Waals surface area contributed by atoms with Gasteiger partial charge in [-0.3, -0.25) is 9.59 Å². The molecule has 6 aromatic carbocycles. The lowest BCUT2D eigenvalue weighted by Crippen LogP contribution is -2.62. The Hall–Kier alpha value is -7.46. The number of pyridine rings is 1. The smallest absolute Gasteiger partial charge is 0.297 e. The summed E-state index contributed by atoms with van der Waals surface area (Å²) in [6, 6.07) is 48.0. The van der Waals surface area contributed by atoms with Crippen molar-refractivity contribution in [3.05, 3.63) is 196 Å². The summed E-state index contributed by atoms with van der Waals surface area (Å²) in [6.45, 7) is 3.50. The van der Waals surface area contributed by atoms with Crippen molar-refractivity contribution in [2.45, 2.75) is 103 Å². The number of aryl methyl sites for hydroxylation is 1. The molecule has 1 fully saturated rings. The highest BCUT2D eigenvalue weighted by atomic mass is 16.7. The largest absolute Gasteiger partial charge is 0.502 e. The predicted molar refractivity (Wildman–Crippen MR) is 297 cm³/mol. The fourth-order valence-electron chi connectivity index (χ4n) is 9.18. The fourth-order valence-corrected chi connectivity index (χ4v) is 9.18. The average molecular weight is 1050 g/mol. The van der Waals surface area contributed by atoms with E-state index in [1.807, 2.05) is 121 Å². The minimum absolute atomic E-state index is 0.0134. The maximum atomic E-state index is 14.8. The number of rotatable bonds is 28. The minimum Gasteiger partial charge on any atom is -0.502 e. The van der Waals surface area contributed by atoms with Gasteiger partial charge < -0.3 is 57.6 Å². The van der Waals surface area contributed by atoms with E-state index < -0.39 is 42.2 Å².